The third-order valence-electron chi connectivity index (χ3n) is 3.25. The molecule has 0 unspecified atom stereocenters. The Morgan fingerprint density at radius 2 is 2.00 bits per heavy atom. The van der Waals surface area contributed by atoms with Crippen molar-refractivity contribution in [2.24, 2.45) is 0 Å². The largest absolute Gasteiger partial charge is 0.416 e. The normalized spacial score (nSPS) is 11.6. The summed E-state index contributed by atoms with van der Waals surface area (Å²) in [4.78, 5) is 22.0. The highest BCUT2D eigenvalue weighted by Crippen LogP contribution is 2.33. The third-order valence-corrected chi connectivity index (χ3v) is 3.25. The van der Waals surface area contributed by atoms with Crippen molar-refractivity contribution in [3.63, 3.8) is 0 Å². The van der Waals surface area contributed by atoms with E-state index < -0.39 is 33.8 Å². The maximum Gasteiger partial charge on any atom is 0.416 e. The molecule has 128 valence electrons. The minimum atomic E-state index is -4.81. The van der Waals surface area contributed by atoms with Crippen LogP contribution in [0.1, 0.15) is 41.3 Å². The summed E-state index contributed by atoms with van der Waals surface area (Å²) in [6, 6.07) is 1.73. The van der Waals surface area contributed by atoms with Crippen molar-refractivity contribution in [1.82, 2.24) is 10.2 Å². The Morgan fingerprint density at radius 1 is 1.33 bits per heavy atom. The van der Waals surface area contributed by atoms with E-state index in [1.807, 2.05) is 13.8 Å². The zero-order valence-corrected chi connectivity index (χ0v) is 12.6. The molecule has 0 saturated heterocycles. The van der Waals surface area contributed by atoms with E-state index in [-0.39, 0.29) is 11.7 Å². The van der Waals surface area contributed by atoms with Gasteiger partial charge in [0.15, 0.2) is 0 Å². The van der Waals surface area contributed by atoms with Crippen LogP contribution in [0, 0.1) is 10.1 Å². The van der Waals surface area contributed by atoms with Crippen LogP contribution in [0.2, 0.25) is 0 Å². The molecule has 0 aliphatic rings. The molecular weight excluding hydrogens is 329 g/mol. The summed E-state index contributed by atoms with van der Waals surface area (Å²) in [5.41, 5.74) is -1.90. The molecule has 0 aliphatic heterocycles. The number of hydrogen-bond donors (Lipinski definition) is 2. The monoisotopic (exact) mass is 342 g/mol. The fraction of sp³-hybridized carbons (Fsp3) is 0.286. The molecule has 0 fully saturated rings. The Labute approximate surface area is 134 Å². The van der Waals surface area contributed by atoms with Crippen LogP contribution in [-0.2, 0) is 6.18 Å². The average molecular weight is 342 g/mol. The van der Waals surface area contributed by atoms with Crippen molar-refractivity contribution in [2.75, 3.05) is 5.32 Å². The number of halogens is 3. The number of alkyl halides is 3. The van der Waals surface area contributed by atoms with Gasteiger partial charge in [0.25, 0.3) is 11.6 Å². The number of aromatic amines is 1. The molecule has 2 rings (SSSR count). The molecule has 0 saturated carbocycles. The van der Waals surface area contributed by atoms with E-state index in [4.69, 9.17) is 0 Å². The molecule has 1 aromatic carbocycles. The number of benzene rings is 1. The van der Waals surface area contributed by atoms with E-state index in [0.717, 1.165) is 6.07 Å². The van der Waals surface area contributed by atoms with Gasteiger partial charge in [0.2, 0.25) is 0 Å². The second-order valence-corrected chi connectivity index (χ2v) is 5.33. The van der Waals surface area contributed by atoms with Gasteiger partial charge in [0, 0.05) is 23.3 Å². The van der Waals surface area contributed by atoms with E-state index in [0.29, 0.717) is 17.7 Å². The number of hydrogen-bond acceptors (Lipinski definition) is 4. The highest BCUT2D eigenvalue weighted by molar-refractivity contribution is 6.04. The van der Waals surface area contributed by atoms with Crippen molar-refractivity contribution in [1.29, 1.82) is 0 Å². The highest BCUT2D eigenvalue weighted by atomic mass is 19.4. The number of nitro groups is 1. The van der Waals surface area contributed by atoms with Gasteiger partial charge < -0.3 is 5.32 Å². The van der Waals surface area contributed by atoms with Gasteiger partial charge in [0.1, 0.15) is 5.82 Å². The topological polar surface area (TPSA) is 101 Å². The van der Waals surface area contributed by atoms with Crippen LogP contribution in [0.4, 0.5) is 24.7 Å². The molecular formula is C14H13F3N4O3. The van der Waals surface area contributed by atoms with Gasteiger partial charge in [-0.2, -0.15) is 18.3 Å². The second-order valence-electron chi connectivity index (χ2n) is 5.33. The maximum atomic E-state index is 12.9. The molecule has 1 aromatic heterocycles. The number of nitrogens with one attached hydrogen (secondary N) is 2. The lowest BCUT2D eigenvalue weighted by Crippen LogP contribution is -2.16. The van der Waals surface area contributed by atoms with Crippen LogP contribution < -0.4 is 5.32 Å². The minimum absolute atomic E-state index is 0.00916. The Balaban J connectivity index is 2.40. The van der Waals surface area contributed by atoms with E-state index in [9.17, 15) is 28.1 Å². The first kappa shape index (κ1) is 17.4. The van der Waals surface area contributed by atoms with Gasteiger partial charge >= 0.3 is 6.18 Å². The molecule has 1 amide bonds. The maximum absolute atomic E-state index is 12.9. The van der Waals surface area contributed by atoms with Crippen molar-refractivity contribution >= 4 is 17.4 Å². The second kappa shape index (κ2) is 6.30. The average Bonchev–Trinajstić information content (AvgIpc) is 2.94. The molecule has 0 aliphatic carbocycles. The minimum Gasteiger partial charge on any atom is -0.307 e. The predicted molar refractivity (Wildman–Crippen MR) is 78.7 cm³/mol. The first-order valence-electron chi connectivity index (χ1n) is 6.81. The third kappa shape index (κ3) is 3.70. The summed E-state index contributed by atoms with van der Waals surface area (Å²) in [5.74, 6) is -0.666. The molecule has 2 aromatic rings. The summed E-state index contributed by atoms with van der Waals surface area (Å²) >= 11 is 0. The van der Waals surface area contributed by atoms with Crippen LogP contribution in [0.3, 0.4) is 0 Å². The predicted octanol–water partition coefficient (Wildman–Crippen LogP) is 3.71. The fourth-order valence-electron chi connectivity index (χ4n) is 2.03. The number of nitrogens with zero attached hydrogens (tertiary/aromatic N) is 2. The number of H-pyrrole nitrogens is 1. The molecule has 24 heavy (non-hydrogen) atoms. The number of anilines is 1. The Hall–Kier alpha value is -2.91. The number of aromatic nitrogens is 2. The summed E-state index contributed by atoms with van der Waals surface area (Å²) in [7, 11) is 0. The number of non-ortho nitro benzene ring substituents is 1. The first-order chi connectivity index (χ1) is 11.1. The number of amides is 1. The zero-order chi connectivity index (χ0) is 18.1. The standard InChI is InChI=1S/C14H13F3N4O3/c1-7(2)11-6-18-20-12(11)19-13(22)8-3-9(14(15,16)17)5-10(4-8)21(23)24/h3-7H,1-2H3,(H2,18,19,20,22). The Bertz CT molecular complexity index is 784. The lowest BCUT2D eigenvalue weighted by Gasteiger charge is -2.10. The number of rotatable bonds is 4. The molecule has 0 atom stereocenters. The van der Waals surface area contributed by atoms with Gasteiger partial charge in [-0.1, -0.05) is 13.8 Å². The smallest absolute Gasteiger partial charge is 0.307 e. The first-order valence-corrected chi connectivity index (χ1v) is 6.81. The summed E-state index contributed by atoms with van der Waals surface area (Å²) < 4.78 is 38.6. The number of carbonyl (C=O) groups excluding carboxylic acids is 1. The van der Waals surface area contributed by atoms with Gasteiger partial charge in [-0.3, -0.25) is 20.0 Å². The lowest BCUT2D eigenvalue weighted by atomic mass is 10.1. The van der Waals surface area contributed by atoms with Gasteiger partial charge in [-0.15, -0.1) is 0 Å². The Morgan fingerprint density at radius 3 is 2.54 bits per heavy atom. The number of nitro benzene ring substituents is 1. The van der Waals surface area contributed by atoms with E-state index in [1.165, 1.54) is 6.20 Å². The van der Waals surface area contributed by atoms with Crippen LogP contribution in [0.5, 0.6) is 0 Å². The summed E-state index contributed by atoms with van der Waals surface area (Å²) in [5, 5.41) is 19.5. The molecule has 0 radical (unpaired) electrons. The van der Waals surface area contributed by atoms with Crippen LogP contribution in [-0.4, -0.2) is 21.0 Å². The molecule has 0 spiro atoms. The SMILES string of the molecule is CC(C)c1cn[nH]c1NC(=O)c1cc([N+](=O)[O-])cc(C(F)(F)F)c1. The molecule has 10 heteroatoms. The molecule has 2 N–H and O–H groups in total. The zero-order valence-electron chi connectivity index (χ0n) is 12.6. The van der Waals surface area contributed by atoms with Crippen molar-refractivity contribution in [3.05, 3.63) is 51.2 Å². The molecule has 0 bridgehead atoms. The van der Waals surface area contributed by atoms with Crippen molar-refractivity contribution < 1.29 is 22.9 Å². The van der Waals surface area contributed by atoms with Crippen LogP contribution in [0.15, 0.2) is 24.4 Å². The van der Waals surface area contributed by atoms with E-state index in [1.54, 1.807) is 0 Å². The quantitative estimate of drug-likeness (QED) is 0.653. The molecule has 7 nitrogen and oxygen atoms in total. The van der Waals surface area contributed by atoms with E-state index in [2.05, 4.69) is 15.5 Å². The highest BCUT2D eigenvalue weighted by Gasteiger charge is 2.33. The summed E-state index contributed by atoms with van der Waals surface area (Å²) in [6.07, 6.45) is -3.33. The fourth-order valence-corrected chi connectivity index (χ4v) is 2.03. The summed E-state index contributed by atoms with van der Waals surface area (Å²) in [6.45, 7) is 3.69. The van der Waals surface area contributed by atoms with Gasteiger partial charge in [-0.25, -0.2) is 0 Å². The van der Waals surface area contributed by atoms with Crippen molar-refractivity contribution in [2.45, 2.75) is 25.9 Å². The van der Waals surface area contributed by atoms with Crippen molar-refractivity contribution in [3.8, 4) is 0 Å². The number of carbonyl (C=O) groups is 1. The Kier molecular flexibility index (Phi) is 4.58. The van der Waals surface area contributed by atoms with Crippen LogP contribution in [0.25, 0.3) is 0 Å². The van der Waals surface area contributed by atoms with Crippen LogP contribution >= 0.6 is 0 Å². The van der Waals surface area contributed by atoms with Gasteiger partial charge in [-0.05, 0) is 12.0 Å². The van der Waals surface area contributed by atoms with Gasteiger partial charge in [0.05, 0.1) is 16.7 Å². The molecule has 1 heterocycles. The lowest BCUT2D eigenvalue weighted by molar-refractivity contribution is -0.385. The van der Waals surface area contributed by atoms with E-state index >= 15 is 0 Å².